The highest BCUT2D eigenvalue weighted by Crippen LogP contribution is 2.10. The summed E-state index contributed by atoms with van der Waals surface area (Å²) in [4.78, 5) is 8.83. The largest absolute Gasteiger partial charge is 0.475 e. The Kier molecular flexibility index (Phi) is 12.7. The van der Waals surface area contributed by atoms with Gasteiger partial charge in [0.25, 0.3) is 0 Å². The van der Waals surface area contributed by atoms with Crippen LogP contribution in [0, 0.1) is 0 Å². The van der Waals surface area contributed by atoms with E-state index in [1.807, 2.05) is 32.9 Å². The van der Waals surface area contributed by atoms with Crippen LogP contribution in [-0.4, -0.2) is 43.9 Å². The predicted molar refractivity (Wildman–Crippen MR) is 105 cm³/mol. The first kappa shape index (κ1) is 21.9. The Bertz CT molecular complexity index is 438. The second-order valence-electron chi connectivity index (χ2n) is 5.14. The number of halogens is 1. The molecule has 0 saturated heterocycles. The summed E-state index contributed by atoms with van der Waals surface area (Å²) in [6.45, 7) is 9.00. The first-order chi connectivity index (χ1) is 10.7. The standard InChI is InChI=1S/C16H28N4O2.HI/c1-5-17-16(18-9-6-10-21-4)20-12-14-7-8-15(19-11-14)22-13(2)3;/h7-8,11,13H,5-6,9-10,12H2,1-4H3,(H2,17,18,20);1H. The number of methoxy groups -OCH3 is 1. The Morgan fingerprint density at radius 3 is 2.65 bits per heavy atom. The highest BCUT2D eigenvalue weighted by Gasteiger charge is 2.00. The fraction of sp³-hybridized carbons (Fsp3) is 0.625. The third kappa shape index (κ3) is 10.3. The van der Waals surface area contributed by atoms with Crippen LogP contribution in [0.1, 0.15) is 32.8 Å². The van der Waals surface area contributed by atoms with E-state index in [9.17, 15) is 0 Å². The maximum absolute atomic E-state index is 5.53. The molecule has 1 rings (SSSR count). The summed E-state index contributed by atoms with van der Waals surface area (Å²) in [7, 11) is 1.71. The second kappa shape index (κ2) is 13.4. The molecule has 0 bridgehead atoms. The molecule has 0 aliphatic heterocycles. The van der Waals surface area contributed by atoms with E-state index in [1.54, 1.807) is 13.3 Å². The first-order valence-corrected chi connectivity index (χ1v) is 7.78. The Balaban J connectivity index is 0.00000484. The van der Waals surface area contributed by atoms with Gasteiger partial charge in [-0.25, -0.2) is 9.98 Å². The van der Waals surface area contributed by atoms with E-state index in [2.05, 4.69) is 20.6 Å². The van der Waals surface area contributed by atoms with Gasteiger partial charge in [0.2, 0.25) is 5.88 Å². The molecule has 6 nitrogen and oxygen atoms in total. The SMILES string of the molecule is CCNC(=NCc1ccc(OC(C)C)nc1)NCCCOC.I. The van der Waals surface area contributed by atoms with Crippen LogP contribution in [0.15, 0.2) is 23.3 Å². The number of aromatic nitrogens is 1. The van der Waals surface area contributed by atoms with Crippen molar-refractivity contribution < 1.29 is 9.47 Å². The van der Waals surface area contributed by atoms with Crippen molar-refractivity contribution in [2.24, 2.45) is 4.99 Å². The maximum atomic E-state index is 5.53. The van der Waals surface area contributed by atoms with E-state index in [0.717, 1.165) is 37.6 Å². The number of hydrogen-bond donors (Lipinski definition) is 2. The lowest BCUT2D eigenvalue weighted by molar-refractivity contribution is 0.195. The molecule has 0 spiro atoms. The molecule has 2 N–H and O–H groups in total. The van der Waals surface area contributed by atoms with Gasteiger partial charge in [-0.05, 0) is 32.8 Å². The van der Waals surface area contributed by atoms with Gasteiger partial charge in [-0.2, -0.15) is 0 Å². The van der Waals surface area contributed by atoms with Gasteiger partial charge < -0.3 is 20.1 Å². The molecular weight excluding hydrogens is 407 g/mol. The number of nitrogens with zero attached hydrogens (tertiary/aromatic N) is 2. The fourth-order valence-corrected chi connectivity index (χ4v) is 1.75. The average molecular weight is 436 g/mol. The van der Waals surface area contributed by atoms with Crippen LogP contribution >= 0.6 is 24.0 Å². The normalized spacial score (nSPS) is 11.1. The van der Waals surface area contributed by atoms with Gasteiger partial charge in [-0.1, -0.05) is 6.07 Å². The van der Waals surface area contributed by atoms with Crippen LogP contribution in [0.3, 0.4) is 0 Å². The molecule has 0 amide bonds. The third-order valence-electron chi connectivity index (χ3n) is 2.74. The highest BCUT2D eigenvalue weighted by molar-refractivity contribution is 14.0. The molecule has 0 atom stereocenters. The van der Waals surface area contributed by atoms with Gasteiger partial charge in [0.15, 0.2) is 5.96 Å². The van der Waals surface area contributed by atoms with Crippen molar-refractivity contribution in [1.82, 2.24) is 15.6 Å². The van der Waals surface area contributed by atoms with Gasteiger partial charge >= 0.3 is 0 Å². The maximum Gasteiger partial charge on any atom is 0.213 e. The molecule has 132 valence electrons. The van der Waals surface area contributed by atoms with Crippen molar-refractivity contribution in [3.63, 3.8) is 0 Å². The second-order valence-corrected chi connectivity index (χ2v) is 5.14. The van der Waals surface area contributed by atoms with Crippen LogP contribution in [-0.2, 0) is 11.3 Å². The summed E-state index contributed by atoms with van der Waals surface area (Å²) >= 11 is 0. The molecule has 0 unspecified atom stereocenters. The third-order valence-corrected chi connectivity index (χ3v) is 2.74. The number of guanidine groups is 1. The van der Waals surface area contributed by atoms with E-state index < -0.39 is 0 Å². The topological polar surface area (TPSA) is 67.8 Å². The van der Waals surface area contributed by atoms with Gasteiger partial charge in [-0.3, -0.25) is 0 Å². The number of ether oxygens (including phenoxy) is 2. The Morgan fingerprint density at radius 2 is 2.09 bits per heavy atom. The molecule has 1 aromatic rings. The average Bonchev–Trinajstić information content (AvgIpc) is 2.50. The number of aliphatic imine (C=N–C) groups is 1. The van der Waals surface area contributed by atoms with Crippen molar-refractivity contribution >= 4 is 29.9 Å². The monoisotopic (exact) mass is 436 g/mol. The zero-order valence-corrected chi connectivity index (χ0v) is 16.8. The van der Waals surface area contributed by atoms with Gasteiger partial charge in [0, 0.05) is 39.1 Å². The van der Waals surface area contributed by atoms with E-state index in [0.29, 0.717) is 12.4 Å². The minimum Gasteiger partial charge on any atom is -0.475 e. The Labute approximate surface area is 156 Å². The van der Waals surface area contributed by atoms with Crippen molar-refractivity contribution in [2.45, 2.75) is 39.8 Å². The van der Waals surface area contributed by atoms with Gasteiger partial charge in [-0.15, -0.1) is 24.0 Å². The number of rotatable bonds is 9. The van der Waals surface area contributed by atoms with Crippen molar-refractivity contribution in [2.75, 3.05) is 26.8 Å². The minimum atomic E-state index is 0. The number of hydrogen-bond acceptors (Lipinski definition) is 4. The summed E-state index contributed by atoms with van der Waals surface area (Å²) in [6, 6.07) is 3.87. The van der Waals surface area contributed by atoms with Crippen molar-refractivity contribution in [3.8, 4) is 5.88 Å². The molecule has 0 aliphatic rings. The fourth-order valence-electron chi connectivity index (χ4n) is 1.75. The van der Waals surface area contributed by atoms with E-state index in [1.165, 1.54) is 0 Å². The van der Waals surface area contributed by atoms with Crippen LogP contribution in [0.2, 0.25) is 0 Å². The molecule has 1 aromatic heterocycles. The van der Waals surface area contributed by atoms with Crippen LogP contribution in [0.4, 0.5) is 0 Å². The zero-order chi connectivity index (χ0) is 16.2. The van der Waals surface area contributed by atoms with Crippen molar-refractivity contribution in [1.29, 1.82) is 0 Å². The summed E-state index contributed by atoms with van der Waals surface area (Å²) in [5.74, 6) is 1.45. The minimum absolute atomic E-state index is 0. The summed E-state index contributed by atoms with van der Waals surface area (Å²) in [5.41, 5.74) is 1.05. The molecule has 0 aliphatic carbocycles. The van der Waals surface area contributed by atoms with E-state index in [4.69, 9.17) is 9.47 Å². The number of nitrogens with one attached hydrogen (secondary N) is 2. The molecule has 23 heavy (non-hydrogen) atoms. The molecular formula is C16H29IN4O2. The molecule has 1 heterocycles. The highest BCUT2D eigenvalue weighted by atomic mass is 127. The molecule has 0 fully saturated rings. The number of pyridine rings is 1. The predicted octanol–water partition coefficient (Wildman–Crippen LogP) is 2.58. The van der Waals surface area contributed by atoms with Crippen molar-refractivity contribution in [3.05, 3.63) is 23.9 Å². The van der Waals surface area contributed by atoms with Crippen LogP contribution in [0.5, 0.6) is 5.88 Å². The van der Waals surface area contributed by atoms with E-state index in [-0.39, 0.29) is 30.1 Å². The summed E-state index contributed by atoms with van der Waals surface area (Å²) in [6.07, 6.45) is 2.88. The van der Waals surface area contributed by atoms with Gasteiger partial charge in [0.05, 0.1) is 12.6 Å². The Morgan fingerprint density at radius 1 is 1.30 bits per heavy atom. The molecule has 0 saturated carbocycles. The summed E-state index contributed by atoms with van der Waals surface area (Å²) < 4.78 is 10.6. The first-order valence-electron chi connectivity index (χ1n) is 7.78. The lowest BCUT2D eigenvalue weighted by atomic mass is 10.3. The molecule has 0 aromatic carbocycles. The molecule has 7 heteroatoms. The zero-order valence-electron chi connectivity index (χ0n) is 14.5. The summed E-state index contributed by atoms with van der Waals surface area (Å²) in [5, 5.41) is 6.50. The molecule has 0 radical (unpaired) electrons. The lowest BCUT2D eigenvalue weighted by Crippen LogP contribution is -2.38. The lowest BCUT2D eigenvalue weighted by Gasteiger charge is -2.11. The van der Waals surface area contributed by atoms with Gasteiger partial charge in [0.1, 0.15) is 0 Å². The smallest absolute Gasteiger partial charge is 0.213 e. The Hall–Kier alpha value is -1.09. The van der Waals surface area contributed by atoms with Crippen LogP contribution in [0.25, 0.3) is 0 Å². The van der Waals surface area contributed by atoms with E-state index >= 15 is 0 Å². The quantitative estimate of drug-likeness (QED) is 0.270. The van der Waals surface area contributed by atoms with Crippen LogP contribution < -0.4 is 15.4 Å².